The first-order chi connectivity index (χ1) is 11.1. The van der Waals surface area contributed by atoms with Crippen LogP contribution in [0.4, 0.5) is 0 Å². The van der Waals surface area contributed by atoms with E-state index in [-0.39, 0.29) is 23.8 Å². The molecule has 2 aromatic heterocycles. The number of hydrogen-bond acceptors (Lipinski definition) is 4. The van der Waals surface area contributed by atoms with Gasteiger partial charge in [0.2, 0.25) is 5.91 Å². The van der Waals surface area contributed by atoms with E-state index in [2.05, 4.69) is 15.4 Å². The second-order valence-electron chi connectivity index (χ2n) is 5.72. The molecule has 1 aliphatic rings. The zero-order valence-corrected chi connectivity index (χ0v) is 12.7. The van der Waals surface area contributed by atoms with Crippen molar-refractivity contribution in [2.24, 2.45) is 11.7 Å². The standard InChI is InChI=1S/C16H19N5O2/c17-15(22)12-4-1-2-5-13(12)20-16(23)14-10-11(6-8-18-14)21-9-3-7-19-21/h3,6-10,12-13H,1-2,4-5H2,(H2,17,22)(H,20,23)/t12-,13+/m0/s1. The molecule has 0 spiro atoms. The van der Waals surface area contributed by atoms with Crippen LogP contribution in [0, 0.1) is 5.92 Å². The molecule has 1 saturated carbocycles. The Morgan fingerprint density at radius 2 is 2.09 bits per heavy atom. The Hall–Kier alpha value is -2.70. The van der Waals surface area contributed by atoms with Gasteiger partial charge in [0.15, 0.2) is 0 Å². The zero-order valence-electron chi connectivity index (χ0n) is 12.7. The van der Waals surface area contributed by atoms with Crippen LogP contribution in [0.1, 0.15) is 36.2 Å². The van der Waals surface area contributed by atoms with E-state index in [1.54, 1.807) is 41.5 Å². The lowest BCUT2D eigenvalue weighted by Crippen LogP contribution is -2.47. The van der Waals surface area contributed by atoms with Gasteiger partial charge in [-0.1, -0.05) is 12.8 Å². The molecule has 0 saturated heterocycles. The van der Waals surface area contributed by atoms with Crippen molar-refractivity contribution >= 4 is 11.8 Å². The summed E-state index contributed by atoms with van der Waals surface area (Å²) < 4.78 is 1.66. The molecular formula is C16H19N5O2. The number of nitrogens with two attached hydrogens (primary N) is 1. The van der Waals surface area contributed by atoms with Crippen LogP contribution in [0.15, 0.2) is 36.8 Å². The van der Waals surface area contributed by atoms with E-state index >= 15 is 0 Å². The summed E-state index contributed by atoms with van der Waals surface area (Å²) in [6.07, 6.45) is 8.46. The van der Waals surface area contributed by atoms with E-state index in [4.69, 9.17) is 5.73 Å². The number of hydrogen-bond donors (Lipinski definition) is 2. The predicted octanol–water partition coefficient (Wildman–Crippen LogP) is 1.04. The summed E-state index contributed by atoms with van der Waals surface area (Å²) in [5.74, 6) is -0.951. The van der Waals surface area contributed by atoms with Gasteiger partial charge in [-0.3, -0.25) is 14.6 Å². The highest BCUT2D eigenvalue weighted by molar-refractivity contribution is 5.93. The summed E-state index contributed by atoms with van der Waals surface area (Å²) in [6, 6.07) is 5.03. The molecule has 7 heteroatoms. The number of nitrogens with zero attached hydrogens (tertiary/aromatic N) is 3. The lowest BCUT2D eigenvalue weighted by Gasteiger charge is -2.29. The maximum absolute atomic E-state index is 12.4. The van der Waals surface area contributed by atoms with Crippen molar-refractivity contribution in [3.63, 3.8) is 0 Å². The molecule has 2 amide bonds. The van der Waals surface area contributed by atoms with Gasteiger partial charge in [0, 0.05) is 24.6 Å². The fourth-order valence-corrected chi connectivity index (χ4v) is 2.99. The van der Waals surface area contributed by atoms with E-state index in [0.29, 0.717) is 5.69 Å². The molecule has 3 rings (SSSR count). The lowest BCUT2D eigenvalue weighted by molar-refractivity contribution is -0.123. The van der Waals surface area contributed by atoms with E-state index < -0.39 is 0 Å². The molecular weight excluding hydrogens is 294 g/mol. The Bertz CT molecular complexity index is 698. The van der Waals surface area contributed by atoms with Gasteiger partial charge in [0.1, 0.15) is 5.69 Å². The SMILES string of the molecule is NC(=O)[C@H]1CCCC[C@H]1NC(=O)c1cc(-n2cccn2)ccn1. The van der Waals surface area contributed by atoms with Gasteiger partial charge in [-0.15, -0.1) is 0 Å². The smallest absolute Gasteiger partial charge is 0.270 e. The van der Waals surface area contributed by atoms with Gasteiger partial charge in [0.05, 0.1) is 11.6 Å². The number of pyridine rings is 1. The average Bonchev–Trinajstić information content (AvgIpc) is 3.10. The molecule has 2 atom stereocenters. The molecule has 1 fully saturated rings. The van der Waals surface area contributed by atoms with Crippen molar-refractivity contribution < 1.29 is 9.59 Å². The van der Waals surface area contributed by atoms with Gasteiger partial charge in [-0.2, -0.15) is 5.10 Å². The highest BCUT2D eigenvalue weighted by Crippen LogP contribution is 2.24. The minimum atomic E-state index is -0.353. The topological polar surface area (TPSA) is 103 Å². The predicted molar refractivity (Wildman–Crippen MR) is 83.8 cm³/mol. The highest BCUT2D eigenvalue weighted by atomic mass is 16.2. The van der Waals surface area contributed by atoms with Crippen molar-refractivity contribution in [1.82, 2.24) is 20.1 Å². The largest absolute Gasteiger partial charge is 0.369 e. The summed E-state index contributed by atoms with van der Waals surface area (Å²) in [5, 5.41) is 7.04. The number of aromatic nitrogens is 3. The number of primary amides is 1. The fourth-order valence-electron chi connectivity index (χ4n) is 2.99. The summed E-state index contributed by atoms with van der Waals surface area (Å²) in [6.45, 7) is 0. The molecule has 0 aromatic carbocycles. The zero-order chi connectivity index (χ0) is 16.2. The molecule has 120 valence electrons. The number of nitrogens with one attached hydrogen (secondary N) is 1. The fraction of sp³-hybridized carbons (Fsp3) is 0.375. The van der Waals surface area contributed by atoms with Crippen LogP contribution in [0.25, 0.3) is 5.69 Å². The van der Waals surface area contributed by atoms with Crippen molar-refractivity contribution in [2.45, 2.75) is 31.7 Å². The minimum absolute atomic E-state index is 0.219. The maximum atomic E-state index is 12.4. The van der Waals surface area contributed by atoms with E-state index in [9.17, 15) is 9.59 Å². The quantitative estimate of drug-likeness (QED) is 0.880. The summed E-state index contributed by atoms with van der Waals surface area (Å²) in [4.78, 5) is 28.1. The van der Waals surface area contributed by atoms with Crippen LogP contribution in [-0.2, 0) is 4.79 Å². The summed E-state index contributed by atoms with van der Waals surface area (Å²) >= 11 is 0. The molecule has 23 heavy (non-hydrogen) atoms. The summed E-state index contributed by atoms with van der Waals surface area (Å²) in [5.41, 5.74) is 6.50. The van der Waals surface area contributed by atoms with Gasteiger partial charge in [-0.25, -0.2) is 4.68 Å². The first kappa shape index (κ1) is 15.2. The Labute approximate surface area is 133 Å². The third-order valence-corrected chi connectivity index (χ3v) is 4.19. The molecule has 2 heterocycles. The van der Waals surface area contributed by atoms with E-state index in [1.807, 2.05) is 0 Å². The molecule has 1 aliphatic carbocycles. The molecule has 0 aliphatic heterocycles. The van der Waals surface area contributed by atoms with Crippen LogP contribution >= 0.6 is 0 Å². The van der Waals surface area contributed by atoms with E-state index in [0.717, 1.165) is 31.4 Å². The molecule has 0 radical (unpaired) electrons. The minimum Gasteiger partial charge on any atom is -0.369 e. The Balaban J connectivity index is 1.75. The van der Waals surface area contributed by atoms with Crippen LogP contribution < -0.4 is 11.1 Å². The number of rotatable bonds is 4. The van der Waals surface area contributed by atoms with Crippen molar-refractivity contribution in [3.8, 4) is 5.69 Å². The Morgan fingerprint density at radius 3 is 2.83 bits per heavy atom. The maximum Gasteiger partial charge on any atom is 0.270 e. The van der Waals surface area contributed by atoms with Gasteiger partial charge >= 0.3 is 0 Å². The number of carbonyl (C=O) groups excluding carboxylic acids is 2. The monoisotopic (exact) mass is 313 g/mol. The van der Waals surface area contributed by atoms with Crippen LogP contribution in [0.5, 0.6) is 0 Å². The Morgan fingerprint density at radius 1 is 1.26 bits per heavy atom. The molecule has 0 unspecified atom stereocenters. The number of carbonyl (C=O) groups is 2. The molecule has 0 bridgehead atoms. The Kier molecular flexibility index (Phi) is 4.36. The third kappa shape index (κ3) is 3.39. The van der Waals surface area contributed by atoms with Gasteiger partial charge < -0.3 is 11.1 Å². The first-order valence-electron chi connectivity index (χ1n) is 7.71. The second-order valence-corrected chi connectivity index (χ2v) is 5.72. The van der Waals surface area contributed by atoms with Crippen LogP contribution in [0.2, 0.25) is 0 Å². The first-order valence-corrected chi connectivity index (χ1v) is 7.71. The third-order valence-electron chi connectivity index (χ3n) is 4.19. The van der Waals surface area contributed by atoms with Crippen molar-refractivity contribution in [3.05, 3.63) is 42.5 Å². The molecule has 3 N–H and O–H groups in total. The van der Waals surface area contributed by atoms with Crippen molar-refractivity contribution in [1.29, 1.82) is 0 Å². The normalized spacial score (nSPS) is 20.9. The second kappa shape index (κ2) is 6.60. The number of amides is 2. The van der Waals surface area contributed by atoms with Crippen molar-refractivity contribution in [2.75, 3.05) is 0 Å². The van der Waals surface area contributed by atoms with Crippen LogP contribution in [0.3, 0.4) is 0 Å². The lowest BCUT2D eigenvalue weighted by atomic mass is 9.84. The van der Waals surface area contributed by atoms with Crippen LogP contribution in [-0.4, -0.2) is 32.6 Å². The van der Waals surface area contributed by atoms with E-state index in [1.165, 1.54) is 0 Å². The molecule has 2 aromatic rings. The molecule has 7 nitrogen and oxygen atoms in total. The van der Waals surface area contributed by atoms with Gasteiger partial charge in [-0.05, 0) is 31.0 Å². The highest BCUT2D eigenvalue weighted by Gasteiger charge is 2.30. The van der Waals surface area contributed by atoms with Gasteiger partial charge in [0.25, 0.3) is 5.91 Å². The average molecular weight is 313 g/mol. The summed E-state index contributed by atoms with van der Waals surface area (Å²) in [7, 11) is 0.